The van der Waals surface area contributed by atoms with E-state index in [1.54, 1.807) is 0 Å². The van der Waals surface area contributed by atoms with Crippen LogP contribution in [0.15, 0.2) is 0 Å². The van der Waals surface area contributed by atoms with E-state index in [9.17, 15) is 9.59 Å². The van der Waals surface area contributed by atoms with E-state index in [0.29, 0.717) is 6.42 Å². The molecule has 0 rings (SSSR count). The largest absolute Gasteiger partial charge is 0.480 e. The Kier molecular flexibility index (Phi) is 8.96. The van der Waals surface area contributed by atoms with Crippen molar-refractivity contribution in [2.45, 2.75) is 52.5 Å². The number of carbonyl (C=O) groups excluding carboxylic acids is 1. The summed E-state index contributed by atoms with van der Waals surface area (Å²) in [6.07, 6.45) is 2.41. The maximum absolute atomic E-state index is 11.4. The lowest BCUT2D eigenvalue weighted by Gasteiger charge is -2.19. The van der Waals surface area contributed by atoms with Crippen LogP contribution in [-0.2, 0) is 14.3 Å². The van der Waals surface area contributed by atoms with Crippen molar-refractivity contribution < 1.29 is 24.2 Å². The number of hydrogen-bond acceptors (Lipinski definition) is 4. The quantitative estimate of drug-likeness (QED) is 0.637. The van der Waals surface area contributed by atoms with Gasteiger partial charge in [0, 0.05) is 7.11 Å². The molecule has 0 aliphatic rings. The first-order valence-corrected chi connectivity index (χ1v) is 6.91. The summed E-state index contributed by atoms with van der Waals surface area (Å²) in [7, 11) is 1.50. The molecule has 0 heterocycles. The summed E-state index contributed by atoms with van der Waals surface area (Å²) in [5, 5.41) is 11.4. The van der Waals surface area contributed by atoms with E-state index in [-0.39, 0.29) is 18.6 Å². The van der Waals surface area contributed by atoms with Gasteiger partial charge in [-0.05, 0) is 18.3 Å². The third-order valence-corrected chi connectivity index (χ3v) is 2.78. The third kappa shape index (κ3) is 10.6. The lowest BCUT2D eigenvalue weighted by molar-refractivity contribution is -0.139. The molecule has 0 aromatic heterocycles. The molecule has 1 amide bonds. The molecule has 0 saturated carbocycles. The van der Waals surface area contributed by atoms with Crippen LogP contribution in [-0.4, -0.2) is 43.5 Å². The van der Waals surface area contributed by atoms with Crippen LogP contribution < -0.4 is 5.32 Å². The third-order valence-electron chi connectivity index (χ3n) is 2.78. The van der Waals surface area contributed by atoms with Crippen molar-refractivity contribution in [2.75, 3.05) is 20.3 Å². The van der Waals surface area contributed by atoms with Crippen molar-refractivity contribution in [3.63, 3.8) is 0 Å². The molecule has 1 atom stereocenters. The molecule has 0 unspecified atom stereocenters. The molecule has 0 aliphatic heterocycles. The van der Waals surface area contributed by atoms with E-state index >= 15 is 0 Å². The van der Waals surface area contributed by atoms with Gasteiger partial charge in [-0.1, -0.05) is 33.6 Å². The molecule has 6 nitrogen and oxygen atoms in total. The Labute approximate surface area is 120 Å². The fourth-order valence-electron chi connectivity index (χ4n) is 1.66. The van der Waals surface area contributed by atoms with Gasteiger partial charge in [-0.15, -0.1) is 0 Å². The van der Waals surface area contributed by atoms with Gasteiger partial charge >= 0.3 is 12.1 Å². The monoisotopic (exact) mass is 289 g/mol. The van der Waals surface area contributed by atoms with Crippen LogP contribution in [0.2, 0.25) is 0 Å². The summed E-state index contributed by atoms with van der Waals surface area (Å²) in [5.74, 6) is -1.04. The molecule has 0 bridgehead atoms. The Balaban J connectivity index is 3.98. The van der Waals surface area contributed by atoms with Crippen LogP contribution in [0.25, 0.3) is 0 Å². The second-order valence-electron chi connectivity index (χ2n) is 5.97. The molecule has 0 spiro atoms. The van der Waals surface area contributed by atoms with Crippen LogP contribution in [0.3, 0.4) is 0 Å². The highest BCUT2D eigenvalue weighted by Gasteiger charge is 2.20. The first-order chi connectivity index (χ1) is 9.26. The molecule has 0 saturated heterocycles. The van der Waals surface area contributed by atoms with Crippen molar-refractivity contribution >= 4 is 12.1 Å². The number of carboxylic acids is 1. The second-order valence-corrected chi connectivity index (χ2v) is 5.97. The molecule has 0 fully saturated rings. The molecule has 0 aromatic carbocycles. The number of alkyl carbamates (subject to hydrolysis) is 1. The van der Waals surface area contributed by atoms with Crippen LogP contribution in [0.4, 0.5) is 4.79 Å². The maximum atomic E-state index is 11.4. The van der Waals surface area contributed by atoms with Crippen LogP contribution in [0, 0.1) is 5.41 Å². The van der Waals surface area contributed by atoms with E-state index in [1.165, 1.54) is 7.11 Å². The molecule has 2 N–H and O–H groups in total. The number of unbranched alkanes of at least 4 members (excludes halogenated alkanes) is 1. The zero-order chi connectivity index (χ0) is 15.6. The van der Waals surface area contributed by atoms with Crippen molar-refractivity contribution in [1.82, 2.24) is 5.32 Å². The van der Waals surface area contributed by atoms with Gasteiger partial charge in [0.2, 0.25) is 0 Å². The van der Waals surface area contributed by atoms with Gasteiger partial charge in [-0.2, -0.15) is 0 Å². The molecule has 20 heavy (non-hydrogen) atoms. The highest BCUT2D eigenvalue weighted by molar-refractivity contribution is 5.79. The number of carboxylic acid groups (broad SMARTS) is 1. The van der Waals surface area contributed by atoms with Crippen molar-refractivity contribution in [3.05, 3.63) is 0 Å². The summed E-state index contributed by atoms with van der Waals surface area (Å²) in [6.45, 7) is 6.84. The first kappa shape index (κ1) is 18.7. The zero-order valence-corrected chi connectivity index (χ0v) is 12.9. The average Bonchev–Trinajstić information content (AvgIpc) is 2.31. The standard InChI is InChI=1S/C14H27NO5/c1-14(2,3)8-6-5-7-11(12(16)17)15-13(18)20-10-9-19-4/h11H,5-10H2,1-4H3,(H,15,18)(H,16,17)/t11-/m0/s1. The van der Waals surface area contributed by atoms with Gasteiger partial charge in [-0.3, -0.25) is 0 Å². The zero-order valence-electron chi connectivity index (χ0n) is 12.9. The lowest BCUT2D eigenvalue weighted by Crippen LogP contribution is -2.41. The number of amides is 1. The second kappa shape index (κ2) is 9.58. The van der Waals surface area contributed by atoms with E-state index in [2.05, 4.69) is 26.1 Å². The van der Waals surface area contributed by atoms with E-state index < -0.39 is 18.1 Å². The lowest BCUT2D eigenvalue weighted by atomic mass is 9.89. The summed E-state index contributed by atoms with van der Waals surface area (Å²) in [6, 6.07) is -0.898. The molecule has 6 heteroatoms. The van der Waals surface area contributed by atoms with Gasteiger partial charge in [0.15, 0.2) is 0 Å². The summed E-state index contributed by atoms with van der Waals surface area (Å²) < 4.78 is 9.52. The van der Waals surface area contributed by atoms with Gasteiger partial charge in [0.1, 0.15) is 12.6 Å². The number of carbonyl (C=O) groups is 2. The summed E-state index contributed by atoms with van der Waals surface area (Å²) >= 11 is 0. The predicted molar refractivity (Wildman–Crippen MR) is 75.7 cm³/mol. The van der Waals surface area contributed by atoms with E-state index in [4.69, 9.17) is 14.6 Å². The number of nitrogens with one attached hydrogen (secondary N) is 1. The number of hydrogen-bond donors (Lipinski definition) is 2. The fourth-order valence-corrected chi connectivity index (χ4v) is 1.66. The van der Waals surface area contributed by atoms with E-state index in [0.717, 1.165) is 19.3 Å². The average molecular weight is 289 g/mol. The first-order valence-electron chi connectivity index (χ1n) is 6.91. The molecule has 0 aromatic rings. The molecular weight excluding hydrogens is 262 g/mol. The smallest absolute Gasteiger partial charge is 0.407 e. The molecule has 0 aliphatic carbocycles. The van der Waals surface area contributed by atoms with Crippen LogP contribution >= 0.6 is 0 Å². The minimum Gasteiger partial charge on any atom is -0.480 e. The molecule has 0 radical (unpaired) electrons. The SMILES string of the molecule is COCCOC(=O)N[C@@H](CCCCC(C)(C)C)C(=O)O. The maximum Gasteiger partial charge on any atom is 0.407 e. The van der Waals surface area contributed by atoms with Gasteiger partial charge in [0.05, 0.1) is 6.61 Å². The van der Waals surface area contributed by atoms with Crippen molar-refractivity contribution in [3.8, 4) is 0 Å². The number of methoxy groups -OCH3 is 1. The molecular formula is C14H27NO5. The Morgan fingerprint density at radius 2 is 1.85 bits per heavy atom. The summed E-state index contributed by atoms with van der Waals surface area (Å²) in [4.78, 5) is 22.4. The predicted octanol–water partition coefficient (Wildman–Crippen LogP) is 2.42. The Hall–Kier alpha value is -1.30. The Morgan fingerprint density at radius 1 is 1.20 bits per heavy atom. The highest BCUT2D eigenvalue weighted by atomic mass is 16.6. The normalized spacial score (nSPS) is 12.8. The number of rotatable bonds is 9. The highest BCUT2D eigenvalue weighted by Crippen LogP contribution is 2.22. The number of aliphatic carboxylic acids is 1. The fraction of sp³-hybridized carbons (Fsp3) is 0.857. The summed E-state index contributed by atoms with van der Waals surface area (Å²) in [5.41, 5.74) is 0.241. The van der Waals surface area contributed by atoms with E-state index in [1.807, 2.05) is 0 Å². The van der Waals surface area contributed by atoms with Gasteiger partial charge < -0.3 is 19.9 Å². The van der Waals surface area contributed by atoms with Gasteiger partial charge in [-0.25, -0.2) is 9.59 Å². The van der Waals surface area contributed by atoms with Crippen LogP contribution in [0.5, 0.6) is 0 Å². The molecule has 118 valence electrons. The minimum atomic E-state index is -1.04. The van der Waals surface area contributed by atoms with Crippen LogP contribution in [0.1, 0.15) is 46.5 Å². The van der Waals surface area contributed by atoms with Crippen molar-refractivity contribution in [1.29, 1.82) is 0 Å². The topological polar surface area (TPSA) is 84.9 Å². The minimum absolute atomic E-state index is 0.110. The number of ether oxygens (including phenoxy) is 2. The Bertz CT molecular complexity index is 298. The van der Waals surface area contributed by atoms with Gasteiger partial charge in [0.25, 0.3) is 0 Å². The van der Waals surface area contributed by atoms with Crippen molar-refractivity contribution in [2.24, 2.45) is 5.41 Å². The Morgan fingerprint density at radius 3 is 2.35 bits per heavy atom.